The highest BCUT2D eigenvalue weighted by Crippen LogP contribution is 2.36. The lowest BCUT2D eigenvalue weighted by molar-refractivity contribution is -0.526. The number of hydrogen-bond acceptors (Lipinski definition) is 3. The predicted octanol–water partition coefficient (Wildman–Crippen LogP) is 4.07. The molecule has 2 atom stereocenters. The summed E-state index contributed by atoms with van der Waals surface area (Å²) in [6, 6.07) is 5.31. The van der Waals surface area contributed by atoms with Crippen molar-refractivity contribution in [3.05, 3.63) is 38.9 Å². The van der Waals surface area contributed by atoms with Crippen LogP contribution in [0.3, 0.4) is 0 Å². The SMILES string of the molecule is O=[N+]([O-])C1Cc2ccc(Cl)cc2N2CCCCCCCC12. The third-order valence-corrected chi connectivity index (χ3v) is 5.04. The molecule has 2 aliphatic rings. The second-order valence-electron chi connectivity index (χ2n) is 6.15. The molecular weight excluding hydrogens is 288 g/mol. The van der Waals surface area contributed by atoms with Crippen LogP contribution in [-0.4, -0.2) is 23.6 Å². The minimum Gasteiger partial charge on any atom is -0.361 e. The Kier molecular flexibility index (Phi) is 4.34. The molecule has 2 aliphatic heterocycles. The second kappa shape index (κ2) is 6.22. The molecule has 1 aromatic rings. The van der Waals surface area contributed by atoms with Crippen LogP contribution in [0.2, 0.25) is 5.02 Å². The predicted molar refractivity (Wildman–Crippen MR) is 84.8 cm³/mol. The number of nitrogens with zero attached hydrogens (tertiary/aromatic N) is 2. The standard InChI is InChI=1S/C16H21ClN2O2/c17-13-8-7-12-10-16(19(20)21)14-6-4-2-1-3-5-9-18(14)15(12)11-13/h7-8,11,14,16H,1-6,9-10H2. The number of nitro groups is 1. The Morgan fingerprint density at radius 1 is 1.19 bits per heavy atom. The molecule has 0 bridgehead atoms. The molecule has 114 valence electrons. The first kappa shape index (κ1) is 14.6. The first-order valence-corrected chi connectivity index (χ1v) is 8.23. The molecule has 0 spiro atoms. The molecule has 4 nitrogen and oxygen atoms in total. The van der Waals surface area contributed by atoms with Crippen LogP contribution in [0, 0.1) is 10.1 Å². The third kappa shape index (κ3) is 3.00. The van der Waals surface area contributed by atoms with E-state index in [9.17, 15) is 10.1 Å². The number of hydrogen-bond donors (Lipinski definition) is 0. The first-order chi connectivity index (χ1) is 10.2. The highest BCUT2D eigenvalue weighted by atomic mass is 35.5. The van der Waals surface area contributed by atoms with Crippen molar-refractivity contribution in [3.63, 3.8) is 0 Å². The zero-order valence-corrected chi connectivity index (χ0v) is 12.9. The van der Waals surface area contributed by atoms with E-state index in [0.717, 1.165) is 37.1 Å². The maximum Gasteiger partial charge on any atom is 0.237 e. The van der Waals surface area contributed by atoms with Crippen LogP contribution in [0.1, 0.15) is 44.1 Å². The van der Waals surface area contributed by atoms with Gasteiger partial charge in [-0.3, -0.25) is 10.1 Å². The zero-order valence-electron chi connectivity index (χ0n) is 12.1. The molecule has 0 radical (unpaired) electrons. The van der Waals surface area contributed by atoms with Gasteiger partial charge in [0.2, 0.25) is 6.04 Å². The Balaban J connectivity index is 2.00. The van der Waals surface area contributed by atoms with Gasteiger partial charge in [0.25, 0.3) is 0 Å². The summed E-state index contributed by atoms with van der Waals surface area (Å²) in [6.07, 6.45) is 7.28. The van der Waals surface area contributed by atoms with Crippen LogP contribution in [0.25, 0.3) is 0 Å². The number of rotatable bonds is 1. The lowest BCUT2D eigenvalue weighted by Crippen LogP contribution is -2.52. The Morgan fingerprint density at radius 2 is 1.95 bits per heavy atom. The number of anilines is 1. The third-order valence-electron chi connectivity index (χ3n) is 4.80. The average molecular weight is 309 g/mol. The molecule has 3 rings (SSSR count). The fraction of sp³-hybridized carbons (Fsp3) is 0.625. The van der Waals surface area contributed by atoms with E-state index in [1.54, 1.807) is 0 Å². The van der Waals surface area contributed by atoms with Crippen LogP contribution in [-0.2, 0) is 6.42 Å². The van der Waals surface area contributed by atoms with Gasteiger partial charge in [0.15, 0.2) is 0 Å². The van der Waals surface area contributed by atoms with Crippen LogP contribution < -0.4 is 4.90 Å². The molecule has 0 amide bonds. The zero-order chi connectivity index (χ0) is 14.8. The smallest absolute Gasteiger partial charge is 0.237 e. The fourth-order valence-electron chi connectivity index (χ4n) is 3.74. The summed E-state index contributed by atoms with van der Waals surface area (Å²) in [5.74, 6) is 0. The van der Waals surface area contributed by atoms with Crippen molar-refractivity contribution in [1.29, 1.82) is 0 Å². The molecule has 0 saturated carbocycles. The van der Waals surface area contributed by atoms with Crippen molar-refractivity contribution < 1.29 is 4.92 Å². The number of fused-ring (bicyclic) bond motifs is 3. The number of benzene rings is 1. The van der Waals surface area contributed by atoms with Crippen molar-refractivity contribution in [1.82, 2.24) is 0 Å². The van der Waals surface area contributed by atoms with Gasteiger partial charge in [0.1, 0.15) is 0 Å². The largest absolute Gasteiger partial charge is 0.361 e. The molecule has 1 saturated heterocycles. The van der Waals surface area contributed by atoms with Gasteiger partial charge in [-0.15, -0.1) is 0 Å². The van der Waals surface area contributed by atoms with Gasteiger partial charge in [0, 0.05) is 28.6 Å². The first-order valence-electron chi connectivity index (χ1n) is 7.85. The summed E-state index contributed by atoms with van der Waals surface area (Å²) < 4.78 is 0. The normalized spacial score (nSPS) is 26.0. The minimum absolute atomic E-state index is 0.0177. The van der Waals surface area contributed by atoms with Gasteiger partial charge in [-0.2, -0.15) is 0 Å². The monoisotopic (exact) mass is 308 g/mol. The van der Waals surface area contributed by atoms with E-state index in [4.69, 9.17) is 11.6 Å². The second-order valence-corrected chi connectivity index (χ2v) is 6.58. The molecule has 21 heavy (non-hydrogen) atoms. The summed E-state index contributed by atoms with van der Waals surface area (Å²) in [5.41, 5.74) is 2.18. The van der Waals surface area contributed by atoms with Crippen molar-refractivity contribution >= 4 is 17.3 Å². The molecular formula is C16H21ClN2O2. The van der Waals surface area contributed by atoms with E-state index in [1.807, 2.05) is 18.2 Å². The Labute approximate surface area is 130 Å². The summed E-state index contributed by atoms with van der Waals surface area (Å²) >= 11 is 6.15. The Morgan fingerprint density at radius 3 is 2.76 bits per heavy atom. The molecule has 1 aromatic carbocycles. The molecule has 2 heterocycles. The highest BCUT2D eigenvalue weighted by molar-refractivity contribution is 6.30. The molecule has 0 aromatic heterocycles. The van der Waals surface area contributed by atoms with Crippen LogP contribution in [0.5, 0.6) is 0 Å². The van der Waals surface area contributed by atoms with Gasteiger partial charge in [-0.25, -0.2) is 0 Å². The summed E-state index contributed by atoms with van der Waals surface area (Å²) in [7, 11) is 0. The fourth-order valence-corrected chi connectivity index (χ4v) is 3.91. The molecule has 0 N–H and O–H groups in total. The van der Waals surface area contributed by atoms with Crippen molar-refractivity contribution in [2.75, 3.05) is 11.4 Å². The maximum atomic E-state index is 11.5. The van der Waals surface area contributed by atoms with Crippen molar-refractivity contribution in [2.45, 2.75) is 57.0 Å². The summed E-state index contributed by atoms with van der Waals surface area (Å²) in [6.45, 7) is 0.905. The highest BCUT2D eigenvalue weighted by Gasteiger charge is 2.41. The van der Waals surface area contributed by atoms with E-state index < -0.39 is 6.04 Å². The summed E-state index contributed by atoms with van der Waals surface area (Å²) in [5, 5.41) is 12.2. The summed E-state index contributed by atoms with van der Waals surface area (Å²) in [4.78, 5) is 13.7. The van der Waals surface area contributed by atoms with Crippen LogP contribution in [0.15, 0.2) is 18.2 Å². The molecule has 5 heteroatoms. The quantitative estimate of drug-likeness (QED) is 0.580. The topological polar surface area (TPSA) is 46.4 Å². The minimum atomic E-state index is -0.489. The van der Waals surface area contributed by atoms with Gasteiger partial charge >= 0.3 is 0 Å². The van der Waals surface area contributed by atoms with E-state index in [2.05, 4.69) is 4.90 Å². The van der Waals surface area contributed by atoms with E-state index in [-0.39, 0.29) is 11.0 Å². The van der Waals surface area contributed by atoms with Crippen molar-refractivity contribution in [2.24, 2.45) is 0 Å². The molecule has 1 fully saturated rings. The van der Waals surface area contributed by atoms with E-state index in [1.165, 1.54) is 19.3 Å². The lowest BCUT2D eigenvalue weighted by atomic mass is 9.88. The van der Waals surface area contributed by atoms with Crippen molar-refractivity contribution in [3.8, 4) is 0 Å². The Bertz CT molecular complexity index is 535. The van der Waals surface area contributed by atoms with Gasteiger partial charge < -0.3 is 4.90 Å². The maximum absolute atomic E-state index is 11.5. The molecule has 2 unspecified atom stereocenters. The van der Waals surface area contributed by atoms with Crippen LogP contribution in [0.4, 0.5) is 5.69 Å². The Hall–Kier alpha value is -1.29. The van der Waals surface area contributed by atoms with Gasteiger partial charge in [-0.1, -0.05) is 43.4 Å². The van der Waals surface area contributed by atoms with Crippen LogP contribution >= 0.6 is 11.6 Å². The number of halogens is 1. The van der Waals surface area contributed by atoms with E-state index in [0.29, 0.717) is 11.4 Å². The van der Waals surface area contributed by atoms with Gasteiger partial charge in [0.05, 0.1) is 6.04 Å². The van der Waals surface area contributed by atoms with Gasteiger partial charge in [-0.05, 0) is 30.5 Å². The van der Waals surface area contributed by atoms with E-state index >= 15 is 0 Å². The average Bonchev–Trinajstić information content (AvgIpc) is 2.58. The molecule has 0 aliphatic carbocycles. The lowest BCUT2D eigenvalue weighted by Gasteiger charge is -2.40.